The third-order valence-corrected chi connectivity index (χ3v) is 5.55. The summed E-state index contributed by atoms with van der Waals surface area (Å²) in [5, 5.41) is 6.36. The molecule has 1 saturated heterocycles. The van der Waals surface area contributed by atoms with Crippen LogP contribution in [0.25, 0.3) is 0 Å². The Hall–Kier alpha value is -2.15. The number of hydrogen-bond donors (Lipinski definition) is 2. The molecule has 1 aromatic heterocycles. The smallest absolute Gasteiger partial charge is 0.224 e. The Kier molecular flexibility index (Phi) is 4.47. The zero-order valence-corrected chi connectivity index (χ0v) is 13.8. The number of benzene rings is 1. The van der Waals surface area contributed by atoms with E-state index in [9.17, 15) is 8.42 Å². The molecule has 7 heteroatoms. The summed E-state index contributed by atoms with van der Waals surface area (Å²) in [4.78, 5) is 8.56. The van der Waals surface area contributed by atoms with Crippen molar-refractivity contribution in [2.75, 3.05) is 22.1 Å². The van der Waals surface area contributed by atoms with Gasteiger partial charge in [0.25, 0.3) is 0 Å². The molecular weight excluding hydrogens is 312 g/mol. The lowest BCUT2D eigenvalue weighted by Gasteiger charge is -2.12. The van der Waals surface area contributed by atoms with Crippen molar-refractivity contribution in [2.24, 2.45) is 0 Å². The van der Waals surface area contributed by atoms with Crippen LogP contribution in [0.3, 0.4) is 0 Å². The lowest BCUT2D eigenvalue weighted by molar-refractivity contribution is 0.602. The molecule has 1 aromatic carbocycles. The number of nitrogens with zero attached hydrogens (tertiary/aromatic N) is 2. The molecule has 122 valence electrons. The fourth-order valence-electron chi connectivity index (χ4n) is 2.63. The van der Waals surface area contributed by atoms with Crippen molar-refractivity contribution < 1.29 is 8.42 Å². The van der Waals surface area contributed by atoms with Gasteiger partial charge in [0, 0.05) is 18.8 Å². The first-order chi connectivity index (χ1) is 11.0. The maximum Gasteiger partial charge on any atom is 0.224 e. The van der Waals surface area contributed by atoms with E-state index in [1.54, 1.807) is 12.3 Å². The molecule has 0 radical (unpaired) electrons. The van der Waals surface area contributed by atoms with Crippen LogP contribution in [0.1, 0.15) is 17.5 Å². The van der Waals surface area contributed by atoms with Crippen LogP contribution >= 0.6 is 0 Å². The highest BCUT2D eigenvalue weighted by atomic mass is 32.2. The fourth-order valence-corrected chi connectivity index (χ4v) is 4.31. The van der Waals surface area contributed by atoms with Crippen molar-refractivity contribution in [1.82, 2.24) is 9.97 Å². The van der Waals surface area contributed by atoms with Gasteiger partial charge >= 0.3 is 0 Å². The van der Waals surface area contributed by atoms with Crippen LogP contribution in [0.2, 0.25) is 0 Å². The second-order valence-corrected chi connectivity index (χ2v) is 8.08. The number of anilines is 2. The van der Waals surface area contributed by atoms with Gasteiger partial charge in [-0.25, -0.2) is 13.4 Å². The summed E-state index contributed by atoms with van der Waals surface area (Å²) in [7, 11) is -2.91. The average molecular weight is 332 g/mol. The highest BCUT2D eigenvalue weighted by Crippen LogP contribution is 2.16. The number of rotatable bonds is 5. The zero-order chi connectivity index (χ0) is 16.3. The number of sulfone groups is 1. The molecule has 0 spiro atoms. The predicted octanol–water partition coefficient (Wildman–Crippen LogP) is 2.00. The van der Waals surface area contributed by atoms with Crippen molar-refractivity contribution in [3.8, 4) is 0 Å². The van der Waals surface area contributed by atoms with E-state index in [1.165, 1.54) is 11.1 Å². The quantitative estimate of drug-likeness (QED) is 0.871. The Morgan fingerprint density at radius 2 is 2.17 bits per heavy atom. The third kappa shape index (κ3) is 4.41. The Labute approximate surface area is 136 Å². The first kappa shape index (κ1) is 15.7. The monoisotopic (exact) mass is 332 g/mol. The molecule has 1 unspecified atom stereocenters. The first-order valence-corrected chi connectivity index (χ1v) is 9.42. The van der Waals surface area contributed by atoms with E-state index in [0.29, 0.717) is 24.7 Å². The number of hydrogen-bond acceptors (Lipinski definition) is 6. The number of aryl methyl sites for hydroxylation is 1. The van der Waals surface area contributed by atoms with Gasteiger partial charge in [0.15, 0.2) is 9.84 Å². The molecular formula is C16H20N4O2S. The highest BCUT2D eigenvalue weighted by molar-refractivity contribution is 7.91. The molecule has 0 saturated carbocycles. The normalized spacial score (nSPS) is 19.4. The van der Waals surface area contributed by atoms with Crippen molar-refractivity contribution in [2.45, 2.75) is 25.9 Å². The van der Waals surface area contributed by atoms with Gasteiger partial charge in [-0.1, -0.05) is 29.8 Å². The summed E-state index contributed by atoms with van der Waals surface area (Å²) in [5.41, 5.74) is 2.40. The molecule has 2 heterocycles. The van der Waals surface area contributed by atoms with Gasteiger partial charge in [-0.15, -0.1) is 0 Å². The van der Waals surface area contributed by atoms with Crippen molar-refractivity contribution in [3.63, 3.8) is 0 Å². The van der Waals surface area contributed by atoms with Crippen molar-refractivity contribution in [1.29, 1.82) is 0 Å². The van der Waals surface area contributed by atoms with Gasteiger partial charge < -0.3 is 10.6 Å². The Morgan fingerprint density at radius 3 is 2.91 bits per heavy atom. The van der Waals surface area contributed by atoms with Gasteiger partial charge in [-0.05, 0) is 25.0 Å². The van der Waals surface area contributed by atoms with E-state index in [4.69, 9.17) is 0 Å². The molecule has 23 heavy (non-hydrogen) atoms. The average Bonchev–Trinajstić information content (AvgIpc) is 2.84. The Bertz CT molecular complexity index is 792. The summed E-state index contributed by atoms with van der Waals surface area (Å²) >= 11 is 0. The van der Waals surface area contributed by atoms with Crippen LogP contribution in [0, 0.1) is 6.92 Å². The van der Waals surface area contributed by atoms with E-state index in [1.807, 2.05) is 6.07 Å². The minimum atomic E-state index is -2.91. The second kappa shape index (κ2) is 6.54. The molecule has 0 bridgehead atoms. The second-order valence-electron chi connectivity index (χ2n) is 5.85. The van der Waals surface area contributed by atoms with E-state index in [2.05, 4.69) is 45.7 Å². The lowest BCUT2D eigenvalue weighted by Crippen LogP contribution is -2.22. The van der Waals surface area contributed by atoms with Gasteiger partial charge in [-0.2, -0.15) is 4.98 Å². The van der Waals surface area contributed by atoms with Crippen LogP contribution in [0.15, 0.2) is 36.5 Å². The molecule has 1 atom stereocenters. The Morgan fingerprint density at radius 1 is 1.30 bits per heavy atom. The first-order valence-electron chi connectivity index (χ1n) is 7.60. The minimum Gasteiger partial charge on any atom is -0.366 e. The van der Waals surface area contributed by atoms with Crippen LogP contribution < -0.4 is 10.6 Å². The molecule has 1 aliphatic rings. The van der Waals surface area contributed by atoms with E-state index < -0.39 is 9.84 Å². The maximum absolute atomic E-state index is 11.5. The summed E-state index contributed by atoms with van der Waals surface area (Å²) in [6.07, 6.45) is 2.27. The van der Waals surface area contributed by atoms with Gasteiger partial charge in [0.2, 0.25) is 5.95 Å². The molecule has 1 aliphatic heterocycles. The molecule has 0 aliphatic carbocycles. The summed E-state index contributed by atoms with van der Waals surface area (Å²) < 4.78 is 23.0. The highest BCUT2D eigenvalue weighted by Gasteiger charge is 2.28. The topological polar surface area (TPSA) is 84.0 Å². The van der Waals surface area contributed by atoms with Crippen molar-refractivity contribution >= 4 is 21.6 Å². The largest absolute Gasteiger partial charge is 0.366 e. The molecule has 0 amide bonds. The predicted molar refractivity (Wildman–Crippen MR) is 91.2 cm³/mol. The third-order valence-electron chi connectivity index (χ3n) is 3.78. The number of aromatic nitrogens is 2. The molecule has 3 rings (SSSR count). The van der Waals surface area contributed by atoms with E-state index in [-0.39, 0.29) is 17.5 Å². The van der Waals surface area contributed by atoms with Crippen LogP contribution in [-0.4, -0.2) is 35.9 Å². The number of nitrogens with one attached hydrogen (secondary N) is 2. The van der Waals surface area contributed by atoms with Crippen LogP contribution in [0.4, 0.5) is 11.8 Å². The standard InChI is InChI=1S/C16H20N4O2S/c1-12-3-2-4-13(9-12)10-18-15-5-7-17-16(20-15)19-14-6-8-23(21,22)11-14/h2-5,7,9,14H,6,8,10-11H2,1H3,(H2,17,18,19,20). The molecule has 1 fully saturated rings. The molecule has 2 N–H and O–H groups in total. The van der Waals surface area contributed by atoms with Crippen LogP contribution in [0.5, 0.6) is 0 Å². The van der Waals surface area contributed by atoms with Gasteiger partial charge in [-0.3, -0.25) is 0 Å². The summed E-state index contributed by atoms with van der Waals surface area (Å²) in [6.45, 7) is 2.74. The van der Waals surface area contributed by atoms with E-state index >= 15 is 0 Å². The molecule has 6 nitrogen and oxygen atoms in total. The molecule has 2 aromatic rings. The maximum atomic E-state index is 11.5. The van der Waals surface area contributed by atoms with Crippen molar-refractivity contribution in [3.05, 3.63) is 47.7 Å². The van der Waals surface area contributed by atoms with Gasteiger partial charge in [0.05, 0.1) is 11.5 Å². The SMILES string of the molecule is Cc1cccc(CNc2ccnc(NC3CCS(=O)(=O)C3)n2)c1. The minimum absolute atomic E-state index is 0.105. The fraction of sp³-hybridized carbons (Fsp3) is 0.375. The van der Waals surface area contributed by atoms with E-state index in [0.717, 1.165) is 0 Å². The lowest BCUT2D eigenvalue weighted by atomic mass is 10.1. The summed E-state index contributed by atoms with van der Waals surface area (Å²) in [6, 6.07) is 9.96. The van der Waals surface area contributed by atoms with Gasteiger partial charge in [0.1, 0.15) is 5.82 Å². The summed E-state index contributed by atoms with van der Waals surface area (Å²) in [5.74, 6) is 1.55. The van der Waals surface area contributed by atoms with Crippen LogP contribution in [-0.2, 0) is 16.4 Å². The Balaban J connectivity index is 1.61. The zero-order valence-electron chi connectivity index (χ0n) is 13.0.